The molecule has 0 aliphatic carbocycles. The van der Waals surface area contributed by atoms with Crippen LogP contribution in [-0.2, 0) is 9.59 Å². The molecule has 3 aromatic carbocycles. The zero-order chi connectivity index (χ0) is 24.0. The molecular weight excluding hydrogens is 455 g/mol. The summed E-state index contributed by atoms with van der Waals surface area (Å²) in [6.45, 7) is 1.76. The molecule has 1 atom stereocenters. The lowest BCUT2D eigenvalue weighted by molar-refractivity contribution is -0.132. The van der Waals surface area contributed by atoms with Crippen molar-refractivity contribution >= 4 is 44.7 Å². The van der Waals surface area contributed by atoms with E-state index in [-0.39, 0.29) is 22.0 Å². The molecule has 1 aromatic heterocycles. The van der Waals surface area contributed by atoms with E-state index in [9.17, 15) is 19.1 Å². The van der Waals surface area contributed by atoms with Crippen LogP contribution in [0.25, 0.3) is 16.5 Å². The predicted octanol–water partition coefficient (Wildman–Crippen LogP) is 5.38. The van der Waals surface area contributed by atoms with Crippen molar-refractivity contribution in [3.8, 4) is 5.75 Å². The monoisotopic (exact) mass is 474 g/mol. The molecule has 5 rings (SSSR count). The van der Waals surface area contributed by atoms with Crippen LogP contribution in [-0.4, -0.2) is 28.9 Å². The zero-order valence-electron chi connectivity index (χ0n) is 18.3. The molecule has 2 heterocycles. The molecule has 170 valence electrons. The Kier molecular flexibility index (Phi) is 5.37. The fourth-order valence-corrected chi connectivity index (χ4v) is 4.95. The number of Topliss-reactive ketones (excluding diaryl/α,β-unsaturated/α-hetero) is 1. The predicted molar refractivity (Wildman–Crippen MR) is 129 cm³/mol. The fraction of sp³-hybridized carbons (Fsp3) is 0.115. The third kappa shape index (κ3) is 3.52. The van der Waals surface area contributed by atoms with Gasteiger partial charge >= 0.3 is 5.91 Å². The summed E-state index contributed by atoms with van der Waals surface area (Å²) in [4.78, 5) is 31.8. The number of ether oxygens (including phenoxy) is 1. The summed E-state index contributed by atoms with van der Waals surface area (Å²) < 4.78 is 20.2. The molecule has 6 nitrogen and oxygen atoms in total. The number of carbonyl (C=O) groups excluding carboxylic acids is 2. The quantitative estimate of drug-likeness (QED) is 0.244. The summed E-state index contributed by atoms with van der Waals surface area (Å²) in [5.41, 5.74) is 0.920. The Labute approximate surface area is 198 Å². The molecule has 0 saturated carbocycles. The number of aryl methyl sites for hydroxylation is 1. The average Bonchev–Trinajstić information content (AvgIpc) is 3.38. The number of halogens is 1. The lowest BCUT2D eigenvalue weighted by atomic mass is 9.94. The van der Waals surface area contributed by atoms with E-state index in [1.807, 2.05) is 12.1 Å². The standard InChI is InChI=1S/C26H19FN2O4S/c1-14-13-34-26(28-14)29-22(19-5-3-4-6-20(19)27)21(24(31)25(29)32)23(30)17-8-7-16-12-18(33-2)10-9-15(16)11-17/h3-13,22,30H,1-2H3/b23-21+. The Bertz CT molecular complexity index is 1490. The number of rotatable bonds is 4. The third-order valence-corrected chi connectivity index (χ3v) is 6.74. The number of methoxy groups -OCH3 is 1. The van der Waals surface area contributed by atoms with Gasteiger partial charge in [0.2, 0.25) is 0 Å². The number of hydrogen-bond acceptors (Lipinski definition) is 6. The van der Waals surface area contributed by atoms with Gasteiger partial charge in [0.1, 0.15) is 23.4 Å². The molecule has 0 radical (unpaired) electrons. The van der Waals surface area contributed by atoms with Gasteiger partial charge in [0, 0.05) is 16.5 Å². The number of thiazole rings is 1. The van der Waals surface area contributed by atoms with Crippen LogP contribution in [0.3, 0.4) is 0 Å². The van der Waals surface area contributed by atoms with E-state index < -0.39 is 23.5 Å². The first kappa shape index (κ1) is 21.8. The summed E-state index contributed by atoms with van der Waals surface area (Å²) in [6.07, 6.45) is 0. The van der Waals surface area contributed by atoms with Crippen LogP contribution in [0.15, 0.2) is 71.6 Å². The average molecular weight is 475 g/mol. The number of fused-ring (bicyclic) bond motifs is 1. The number of benzene rings is 3. The van der Waals surface area contributed by atoms with Gasteiger partial charge in [-0.15, -0.1) is 11.3 Å². The highest BCUT2D eigenvalue weighted by Crippen LogP contribution is 2.43. The van der Waals surface area contributed by atoms with E-state index >= 15 is 0 Å². The topological polar surface area (TPSA) is 79.7 Å². The van der Waals surface area contributed by atoms with Crippen LogP contribution in [0, 0.1) is 12.7 Å². The van der Waals surface area contributed by atoms with Gasteiger partial charge in [-0.2, -0.15) is 0 Å². The number of aliphatic hydroxyl groups excluding tert-OH is 1. The van der Waals surface area contributed by atoms with Crippen molar-refractivity contribution in [2.24, 2.45) is 0 Å². The van der Waals surface area contributed by atoms with Crippen molar-refractivity contribution in [3.05, 3.63) is 94.3 Å². The molecule has 1 aliphatic heterocycles. The van der Waals surface area contributed by atoms with E-state index in [0.29, 0.717) is 17.0 Å². The molecule has 1 unspecified atom stereocenters. The normalized spacial score (nSPS) is 17.5. The SMILES string of the molecule is COc1ccc2cc(/C(O)=C3\C(=O)C(=O)N(c4nc(C)cs4)C3c3ccccc3F)ccc2c1. The Morgan fingerprint density at radius 2 is 1.82 bits per heavy atom. The highest BCUT2D eigenvalue weighted by atomic mass is 32.1. The van der Waals surface area contributed by atoms with Crippen molar-refractivity contribution in [2.75, 3.05) is 12.0 Å². The van der Waals surface area contributed by atoms with Gasteiger partial charge in [-0.25, -0.2) is 9.37 Å². The summed E-state index contributed by atoms with van der Waals surface area (Å²) in [7, 11) is 1.58. The van der Waals surface area contributed by atoms with Gasteiger partial charge < -0.3 is 9.84 Å². The second-order valence-electron chi connectivity index (χ2n) is 7.89. The minimum Gasteiger partial charge on any atom is -0.507 e. The smallest absolute Gasteiger partial charge is 0.301 e. The third-order valence-electron chi connectivity index (χ3n) is 5.78. The molecule has 8 heteroatoms. The Balaban J connectivity index is 1.72. The molecule has 4 aromatic rings. The first-order chi connectivity index (χ1) is 16.4. The maximum absolute atomic E-state index is 14.9. The molecule has 1 saturated heterocycles. The molecule has 1 amide bonds. The van der Waals surface area contributed by atoms with Gasteiger partial charge in [-0.1, -0.05) is 36.4 Å². The van der Waals surface area contributed by atoms with E-state index in [2.05, 4.69) is 4.98 Å². The van der Waals surface area contributed by atoms with E-state index in [1.165, 1.54) is 29.5 Å². The molecule has 0 spiro atoms. The number of amides is 1. The molecular formula is C26H19FN2O4S. The van der Waals surface area contributed by atoms with Crippen molar-refractivity contribution in [3.63, 3.8) is 0 Å². The number of aliphatic hydroxyl groups is 1. The largest absolute Gasteiger partial charge is 0.507 e. The van der Waals surface area contributed by atoms with Crippen LogP contribution in [0.2, 0.25) is 0 Å². The van der Waals surface area contributed by atoms with Crippen molar-refractivity contribution in [1.82, 2.24) is 4.98 Å². The zero-order valence-corrected chi connectivity index (χ0v) is 19.1. The summed E-state index contributed by atoms with van der Waals surface area (Å²) in [5, 5.41) is 15.0. The maximum atomic E-state index is 14.9. The van der Waals surface area contributed by atoms with Gasteiger partial charge in [0.15, 0.2) is 5.13 Å². The van der Waals surface area contributed by atoms with Crippen molar-refractivity contribution in [1.29, 1.82) is 0 Å². The molecule has 0 bridgehead atoms. The highest BCUT2D eigenvalue weighted by molar-refractivity contribution is 7.14. The van der Waals surface area contributed by atoms with Crippen LogP contribution < -0.4 is 9.64 Å². The lowest BCUT2D eigenvalue weighted by Gasteiger charge is -2.23. The summed E-state index contributed by atoms with van der Waals surface area (Å²) >= 11 is 1.17. The van der Waals surface area contributed by atoms with E-state index in [1.54, 1.807) is 49.7 Å². The Morgan fingerprint density at radius 3 is 2.53 bits per heavy atom. The minimum atomic E-state index is -1.15. The van der Waals surface area contributed by atoms with Crippen LogP contribution in [0.5, 0.6) is 5.75 Å². The highest BCUT2D eigenvalue weighted by Gasteiger charge is 2.48. The number of anilines is 1. The summed E-state index contributed by atoms with van der Waals surface area (Å²) in [6, 6.07) is 15.4. The number of hydrogen-bond donors (Lipinski definition) is 1. The van der Waals surface area contributed by atoms with Crippen LogP contribution in [0.1, 0.15) is 22.9 Å². The first-order valence-electron chi connectivity index (χ1n) is 10.4. The van der Waals surface area contributed by atoms with Crippen LogP contribution in [0.4, 0.5) is 9.52 Å². The minimum absolute atomic E-state index is 0.0987. The molecule has 1 fully saturated rings. The number of carbonyl (C=O) groups is 2. The molecule has 34 heavy (non-hydrogen) atoms. The van der Waals surface area contributed by atoms with Gasteiger partial charge in [0.25, 0.3) is 5.78 Å². The van der Waals surface area contributed by atoms with E-state index in [4.69, 9.17) is 4.74 Å². The fourth-order valence-electron chi connectivity index (χ4n) is 4.13. The first-order valence-corrected chi connectivity index (χ1v) is 11.3. The second-order valence-corrected chi connectivity index (χ2v) is 8.73. The molecule has 1 aliphatic rings. The van der Waals surface area contributed by atoms with Gasteiger partial charge in [-0.3, -0.25) is 14.5 Å². The maximum Gasteiger partial charge on any atom is 0.301 e. The van der Waals surface area contributed by atoms with E-state index in [0.717, 1.165) is 15.7 Å². The Morgan fingerprint density at radius 1 is 1.09 bits per heavy atom. The number of ketones is 1. The molecule has 1 N–H and O–H groups in total. The van der Waals surface area contributed by atoms with Gasteiger partial charge in [-0.05, 0) is 42.0 Å². The second kappa shape index (κ2) is 8.39. The van der Waals surface area contributed by atoms with Crippen molar-refractivity contribution < 1.29 is 23.8 Å². The Hall–Kier alpha value is -4.04. The number of aromatic nitrogens is 1. The van der Waals surface area contributed by atoms with Crippen LogP contribution >= 0.6 is 11.3 Å². The van der Waals surface area contributed by atoms with Gasteiger partial charge in [0.05, 0.1) is 18.4 Å². The number of nitrogens with zero attached hydrogens (tertiary/aromatic N) is 2. The lowest BCUT2D eigenvalue weighted by Crippen LogP contribution is -2.29. The van der Waals surface area contributed by atoms with Crippen molar-refractivity contribution in [2.45, 2.75) is 13.0 Å². The summed E-state index contributed by atoms with van der Waals surface area (Å²) in [5.74, 6) is -2.04.